The van der Waals surface area contributed by atoms with Crippen molar-refractivity contribution in [2.24, 2.45) is 16.5 Å². The third-order valence-corrected chi connectivity index (χ3v) is 5.70. The molecular formula is C27H31N7O2. The van der Waals surface area contributed by atoms with E-state index in [1.165, 1.54) is 0 Å². The lowest BCUT2D eigenvalue weighted by Crippen LogP contribution is -2.20. The molecule has 2 heterocycles. The molecule has 9 heteroatoms. The smallest absolute Gasteiger partial charge is 0.250 e. The van der Waals surface area contributed by atoms with Crippen LogP contribution in [0.15, 0.2) is 65.2 Å². The standard InChI is InChI=1S/C27H31N7O2/c1-6-8-20(25(29)36)23(28)24(22-15(2)10-11-21(35)16(22)3)33-17(4)19-9-7-12-31-27(19)34-26-18(5)30-13-14-32-26/h7-14,35H,6,28H2,1-5H3,(H2,29,36)(H,31,32,34)/b20-8-,24-23+,33-17?. The molecule has 0 spiro atoms. The van der Waals surface area contributed by atoms with E-state index in [9.17, 15) is 9.90 Å². The van der Waals surface area contributed by atoms with Gasteiger partial charge in [0.2, 0.25) is 0 Å². The van der Waals surface area contributed by atoms with Crippen LogP contribution < -0.4 is 16.8 Å². The zero-order valence-electron chi connectivity index (χ0n) is 21.1. The fourth-order valence-corrected chi connectivity index (χ4v) is 3.79. The number of primary amides is 1. The Labute approximate surface area is 210 Å². The van der Waals surface area contributed by atoms with Crippen molar-refractivity contribution in [3.63, 3.8) is 0 Å². The van der Waals surface area contributed by atoms with E-state index >= 15 is 0 Å². The first-order valence-corrected chi connectivity index (χ1v) is 11.5. The Morgan fingerprint density at radius 3 is 2.42 bits per heavy atom. The van der Waals surface area contributed by atoms with Crippen LogP contribution in [0, 0.1) is 20.8 Å². The molecule has 1 aromatic carbocycles. The highest BCUT2D eigenvalue weighted by molar-refractivity contribution is 6.07. The van der Waals surface area contributed by atoms with Crippen molar-refractivity contribution in [2.75, 3.05) is 5.32 Å². The fraction of sp³-hybridized carbons (Fsp3) is 0.222. The number of nitrogens with one attached hydrogen (secondary N) is 1. The molecule has 0 saturated heterocycles. The Morgan fingerprint density at radius 1 is 1.06 bits per heavy atom. The first-order chi connectivity index (χ1) is 17.1. The van der Waals surface area contributed by atoms with E-state index in [4.69, 9.17) is 16.5 Å². The van der Waals surface area contributed by atoms with Crippen LogP contribution in [0.25, 0.3) is 5.70 Å². The molecule has 36 heavy (non-hydrogen) atoms. The number of hydrogen-bond donors (Lipinski definition) is 4. The minimum atomic E-state index is -0.656. The second kappa shape index (κ2) is 11.3. The summed E-state index contributed by atoms with van der Waals surface area (Å²) in [5.41, 5.74) is 16.9. The van der Waals surface area contributed by atoms with Crippen molar-refractivity contribution in [1.29, 1.82) is 0 Å². The van der Waals surface area contributed by atoms with Gasteiger partial charge in [0.05, 0.1) is 22.7 Å². The number of aliphatic imine (C=N–C) groups is 1. The number of nitrogens with two attached hydrogens (primary N) is 2. The van der Waals surface area contributed by atoms with Crippen molar-refractivity contribution in [3.05, 3.63) is 88.1 Å². The second-order valence-corrected chi connectivity index (χ2v) is 8.27. The minimum absolute atomic E-state index is 0.0932. The summed E-state index contributed by atoms with van der Waals surface area (Å²) in [6.45, 7) is 9.22. The van der Waals surface area contributed by atoms with Crippen LogP contribution in [0.4, 0.5) is 11.6 Å². The molecule has 0 aliphatic carbocycles. The van der Waals surface area contributed by atoms with E-state index in [1.807, 2.05) is 33.8 Å². The number of rotatable bonds is 8. The monoisotopic (exact) mass is 485 g/mol. The Bertz CT molecular complexity index is 1390. The number of hydrogen-bond acceptors (Lipinski definition) is 8. The van der Waals surface area contributed by atoms with Crippen molar-refractivity contribution in [2.45, 2.75) is 41.0 Å². The molecule has 3 rings (SSSR count). The van der Waals surface area contributed by atoms with E-state index in [2.05, 4.69) is 20.3 Å². The van der Waals surface area contributed by atoms with Crippen LogP contribution in [-0.2, 0) is 4.79 Å². The lowest BCUT2D eigenvalue weighted by Gasteiger charge is -2.17. The van der Waals surface area contributed by atoms with Gasteiger partial charge in [-0.25, -0.2) is 9.97 Å². The number of benzene rings is 1. The summed E-state index contributed by atoms with van der Waals surface area (Å²) in [4.78, 5) is 30.2. The number of nitrogens with zero attached hydrogens (tertiary/aromatic N) is 4. The van der Waals surface area contributed by atoms with Crippen LogP contribution >= 0.6 is 0 Å². The van der Waals surface area contributed by atoms with Crippen molar-refractivity contribution in [1.82, 2.24) is 15.0 Å². The number of amides is 1. The maximum absolute atomic E-state index is 12.3. The van der Waals surface area contributed by atoms with Crippen LogP contribution in [0.5, 0.6) is 5.75 Å². The summed E-state index contributed by atoms with van der Waals surface area (Å²) in [5, 5.41) is 13.7. The van der Waals surface area contributed by atoms with Gasteiger partial charge in [-0.15, -0.1) is 0 Å². The number of phenols is 1. The number of anilines is 2. The SMILES string of the molecule is CC/C=C(C(N)=O)/C(N)=C(\N=C(C)c1cccnc1Nc1nccnc1C)c1c(C)ccc(O)c1C. The van der Waals surface area contributed by atoms with Gasteiger partial charge in [0.15, 0.2) is 5.82 Å². The zero-order chi connectivity index (χ0) is 26.4. The lowest BCUT2D eigenvalue weighted by atomic mass is 9.95. The number of aromatic nitrogens is 3. The molecule has 9 nitrogen and oxygen atoms in total. The molecule has 1 amide bonds. The number of aromatic hydroxyl groups is 1. The summed E-state index contributed by atoms with van der Waals surface area (Å²) < 4.78 is 0. The molecule has 0 aliphatic heterocycles. The molecule has 3 aromatic rings. The normalized spacial score (nSPS) is 12.8. The number of allylic oxidation sites excluding steroid dienone is 1. The first-order valence-electron chi connectivity index (χ1n) is 11.5. The van der Waals surface area contributed by atoms with E-state index in [0.717, 1.165) is 11.3 Å². The maximum atomic E-state index is 12.3. The molecule has 0 aliphatic rings. The molecule has 0 unspecified atom stereocenters. The topological polar surface area (TPSA) is 152 Å². The number of pyridine rings is 1. The highest BCUT2D eigenvalue weighted by Crippen LogP contribution is 2.33. The largest absolute Gasteiger partial charge is 0.508 e. The van der Waals surface area contributed by atoms with E-state index in [0.29, 0.717) is 46.2 Å². The number of aryl methyl sites for hydroxylation is 2. The lowest BCUT2D eigenvalue weighted by molar-refractivity contribution is -0.114. The quantitative estimate of drug-likeness (QED) is 0.212. The van der Waals surface area contributed by atoms with Gasteiger partial charge in [-0.3, -0.25) is 14.8 Å². The van der Waals surface area contributed by atoms with Crippen LogP contribution in [0.2, 0.25) is 0 Å². The van der Waals surface area contributed by atoms with Crippen LogP contribution in [0.3, 0.4) is 0 Å². The molecule has 0 bridgehead atoms. The molecule has 6 N–H and O–H groups in total. The van der Waals surface area contributed by atoms with Gasteiger partial charge in [0, 0.05) is 41.0 Å². The van der Waals surface area contributed by atoms with Crippen LogP contribution in [-0.4, -0.2) is 31.7 Å². The van der Waals surface area contributed by atoms with E-state index in [-0.39, 0.29) is 17.0 Å². The number of carbonyl (C=O) groups is 1. The average molecular weight is 486 g/mol. The summed E-state index contributed by atoms with van der Waals surface area (Å²) in [5.74, 6) is 0.540. The third kappa shape index (κ3) is 5.57. The summed E-state index contributed by atoms with van der Waals surface area (Å²) >= 11 is 0. The van der Waals surface area contributed by atoms with Gasteiger partial charge in [0.1, 0.15) is 11.6 Å². The van der Waals surface area contributed by atoms with Gasteiger partial charge in [-0.2, -0.15) is 0 Å². The van der Waals surface area contributed by atoms with Gasteiger partial charge in [-0.1, -0.05) is 19.1 Å². The Balaban J connectivity index is 2.26. The summed E-state index contributed by atoms with van der Waals surface area (Å²) in [7, 11) is 0. The highest BCUT2D eigenvalue weighted by atomic mass is 16.3. The van der Waals surface area contributed by atoms with Gasteiger partial charge >= 0.3 is 0 Å². The Morgan fingerprint density at radius 2 is 1.75 bits per heavy atom. The van der Waals surface area contributed by atoms with E-state index < -0.39 is 5.91 Å². The molecular weight excluding hydrogens is 454 g/mol. The maximum Gasteiger partial charge on any atom is 0.250 e. The van der Waals surface area contributed by atoms with Gasteiger partial charge < -0.3 is 21.9 Å². The van der Waals surface area contributed by atoms with Crippen molar-refractivity contribution < 1.29 is 9.90 Å². The third-order valence-electron chi connectivity index (χ3n) is 5.70. The predicted molar refractivity (Wildman–Crippen MR) is 143 cm³/mol. The van der Waals surface area contributed by atoms with Crippen molar-refractivity contribution in [3.8, 4) is 5.75 Å². The second-order valence-electron chi connectivity index (χ2n) is 8.27. The summed E-state index contributed by atoms with van der Waals surface area (Å²) in [6.07, 6.45) is 7.10. The van der Waals surface area contributed by atoms with Gasteiger partial charge in [0.25, 0.3) is 5.91 Å². The zero-order valence-corrected chi connectivity index (χ0v) is 21.1. The van der Waals surface area contributed by atoms with E-state index in [1.54, 1.807) is 49.8 Å². The molecule has 0 radical (unpaired) electrons. The molecule has 2 aromatic heterocycles. The Kier molecular flexibility index (Phi) is 8.16. The first kappa shape index (κ1) is 26.1. The number of phenolic OH excluding ortho intramolecular Hbond substituents is 1. The predicted octanol–water partition coefficient (Wildman–Crippen LogP) is 4.20. The average Bonchev–Trinajstić information content (AvgIpc) is 2.85. The highest BCUT2D eigenvalue weighted by Gasteiger charge is 2.20. The Hall–Kier alpha value is -4.53. The van der Waals surface area contributed by atoms with Crippen LogP contribution in [0.1, 0.15) is 48.2 Å². The molecule has 0 atom stereocenters. The summed E-state index contributed by atoms with van der Waals surface area (Å²) in [6, 6.07) is 7.05. The van der Waals surface area contributed by atoms with Gasteiger partial charge in [-0.05, 0) is 57.9 Å². The number of carbonyl (C=O) groups excluding carboxylic acids is 1. The molecule has 0 saturated carbocycles. The molecule has 186 valence electrons. The van der Waals surface area contributed by atoms with Crippen molar-refractivity contribution >= 4 is 29.0 Å². The minimum Gasteiger partial charge on any atom is -0.508 e. The molecule has 0 fully saturated rings. The fourth-order valence-electron chi connectivity index (χ4n) is 3.79.